The summed E-state index contributed by atoms with van der Waals surface area (Å²) in [6.07, 6.45) is 4.80. The Hall–Kier alpha value is -2.73. The van der Waals surface area contributed by atoms with E-state index in [4.69, 9.17) is 61.0 Å². The Labute approximate surface area is 164 Å². The summed E-state index contributed by atoms with van der Waals surface area (Å²) in [5.74, 6) is -4.17. The van der Waals surface area contributed by atoms with Gasteiger partial charge in [0.1, 0.15) is 0 Å². The highest BCUT2D eigenvalue weighted by molar-refractivity contribution is 5.63. The van der Waals surface area contributed by atoms with Gasteiger partial charge in [0.25, 0.3) is 29.8 Å². The Morgan fingerprint density at radius 1 is 0.536 bits per heavy atom. The third-order valence-electron chi connectivity index (χ3n) is 1.87. The molecule has 0 bridgehead atoms. The first-order valence-electron chi connectivity index (χ1n) is 7.96. The molecule has 0 aromatic rings. The SMILES string of the molecule is CC(=O)O.CC(=O)O.CC(=O)O.CC(=O)O.CC(=O)O.NC1CCCCC1N. The maximum absolute atomic E-state index is 9.00. The van der Waals surface area contributed by atoms with Crippen molar-refractivity contribution in [3.8, 4) is 0 Å². The first-order chi connectivity index (χ1) is 12.5. The Bertz CT molecular complexity index is 341. The number of carboxylic acids is 5. The van der Waals surface area contributed by atoms with Gasteiger partial charge >= 0.3 is 0 Å². The zero-order chi connectivity index (χ0) is 23.9. The van der Waals surface area contributed by atoms with Crippen molar-refractivity contribution < 1.29 is 49.5 Å². The zero-order valence-electron chi connectivity index (χ0n) is 16.9. The number of rotatable bonds is 0. The van der Waals surface area contributed by atoms with Crippen molar-refractivity contribution in [2.75, 3.05) is 0 Å². The number of hydrogen-bond donors (Lipinski definition) is 7. The Balaban J connectivity index is -0.0000000786. The van der Waals surface area contributed by atoms with E-state index in [-0.39, 0.29) is 12.1 Å². The summed E-state index contributed by atoms with van der Waals surface area (Å²) in [5.41, 5.74) is 11.3. The second-order valence-corrected chi connectivity index (χ2v) is 5.21. The van der Waals surface area contributed by atoms with E-state index < -0.39 is 29.8 Å². The monoisotopic (exact) mass is 414 g/mol. The molecule has 168 valence electrons. The molecular weight excluding hydrogens is 380 g/mol. The molecule has 0 aliphatic heterocycles. The third kappa shape index (κ3) is 169. The van der Waals surface area contributed by atoms with Crippen LogP contribution in [0.4, 0.5) is 0 Å². The lowest BCUT2D eigenvalue weighted by atomic mass is 9.92. The van der Waals surface area contributed by atoms with Crippen molar-refractivity contribution >= 4 is 29.8 Å². The summed E-state index contributed by atoms with van der Waals surface area (Å²) in [5, 5.41) is 37.1. The largest absolute Gasteiger partial charge is 0.481 e. The molecular formula is C16H34N2O10. The number of aliphatic carboxylic acids is 5. The van der Waals surface area contributed by atoms with Gasteiger partial charge in [-0.05, 0) is 12.8 Å². The molecule has 0 radical (unpaired) electrons. The van der Waals surface area contributed by atoms with E-state index >= 15 is 0 Å². The third-order valence-corrected chi connectivity index (χ3v) is 1.87. The Morgan fingerprint density at radius 2 is 0.643 bits per heavy atom. The molecule has 1 aliphatic carbocycles. The summed E-state index contributed by atoms with van der Waals surface area (Å²) in [6, 6.07) is 0.562. The highest BCUT2D eigenvalue weighted by atomic mass is 16.4. The molecule has 0 amide bonds. The fraction of sp³-hybridized carbons (Fsp3) is 0.688. The molecule has 1 aliphatic rings. The van der Waals surface area contributed by atoms with E-state index in [2.05, 4.69) is 0 Å². The molecule has 1 fully saturated rings. The van der Waals surface area contributed by atoms with Crippen molar-refractivity contribution in [3.63, 3.8) is 0 Å². The van der Waals surface area contributed by atoms with Crippen LogP contribution in [-0.4, -0.2) is 67.5 Å². The molecule has 0 spiro atoms. The van der Waals surface area contributed by atoms with Crippen LogP contribution < -0.4 is 11.5 Å². The first-order valence-corrected chi connectivity index (χ1v) is 7.96. The van der Waals surface area contributed by atoms with Crippen LogP contribution in [0.1, 0.15) is 60.3 Å². The fourth-order valence-corrected chi connectivity index (χ4v) is 1.19. The highest BCUT2D eigenvalue weighted by Crippen LogP contribution is 2.14. The molecule has 12 heteroatoms. The molecule has 1 saturated carbocycles. The minimum Gasteiger partial charge on any atom is -0.481 e. The van der Waals surface area contributed by atoms with Crippen molar-refractivity contribution in [2.24, 2.45) is 11.5 Å². The highest BCUT2D eigenvalue weighted by Gasteiger charge is 2.16. The first kappa shape index (κ1) is 36.2. The number of hydrogen-bond acceptors (Lipinski definition) is 7. The molecule has 1 rings (SSSR count). The van der Waals surface area contributed by atoms with Crippen LogP contribution in [0.3, 0.4) is 0 Å². The lowest BCUT2D eigenvalue weighted by molar-refractivity contribution is -0.135. The van der Waals surface area contributed by atoms with Gasteiger partial charge in [0, 0.05) is 46.7 Å². The fourth-order valence-electron chi connectivity index (χ4n) is 1.19. The molecule has 28 heavy (non-hydrogen) atoms. The zero-order valence-corrected chi connectivity index (χ0v) is 16.9. The second kappa shape index (κ2) is 26.5. The van der Waals surface area contributed by atoms with Gasteiger partial charge in [-0.25, -0.2) is 0 Å². The Kier molecular flexibility index (Phi) is 34.3. The molecule has 2 atom stereocenters. The summed E-state index contributed by atoms with van der Waals surface area (Å²) in [7, 11) is 0. The standard InChI is InChI=1S/C6H14N2.5C2H4O2/c7-5-3-1-2-4-6(5)8;5*1-2(3)4/h5-6H,1-4,7-8H2;5*1H3,(H,3,4). The number of nitrogens with two attached hydrogens (primary N) is 2. The van der Waals surface area contributed by atoms with Crippen LogP contribution in [0.25, 0.3) is 0 Å². The van der Waals surface area contributed by atoms with Gasteiger partial charge in [-0.15, -0.1) is 0 Å². The molecule has 0 aromatic carbocycles. The molecule has 0 heterocycles. The van der Waals surface area contributed by atoms with E-state index in [1.165, 1.54) is 12.8 Å². The van der Waals surface area contributed by atoms with E-state index in [0.717, 1.165) is 47.5 Å². The summed E-state index contributed by atoms with van der Waals surface area (Å²) in [4.78, 5) is 45.0. The van der Waals surface area contributed by atoms with Gasteiger partial charge in [-0.3, -0.25) is 24.0 Å². The van der Waals surface area contributed by atoms with Crippen molar-refractivity contribution in [3.05, 3.63) is 0 Å². The maximum Gasteiger partial charge on any atom is 0.300 e. The van der Waals surface area contributed by atoms with Crippen molar-refractivity contribution in [1.29, 1.82) is 0 Å². The quantitative estimate of drug-likeness (QED) is 0.289. The molecule has 2 unspecified atom stereocenters. The molecule has 12 nitrogen and oxygen atoms in total. The normalized spacial score (nSPS) is 15.8. The number of carboxylic acid groups (broad SMARTS) is 5. The minimum atomic E-state index is -0.833. The van der Waals surface area contributed by atoms with E-state index in [1.807, 2.05) is 0 Å². The van der Waals surface area contributed by atoms with Gasteiger partial charge in [0.15, 0.2) is 0 Å². The van der Waals surface area contributed by atoms with Crippen molar-refractivity contribution in [1.82, 2.24) is 0 Å². The van der Waals surface area contributed by atoms with Crippen molar-refractivity contribution in [2.45, 2.75) is 72.4 Å². The average Bonchev–Trinajstić information content (AvgIpc) is 2.39. The van der Waals surface area contributed by atoms with Gasteiger partial charge < -0.3 is 37.0 Å². The van der Waals surface area contributed by atoms with Gasteiger partial charge in [0.2, 0.25) is 0 Å². The minimum absolute atomic E-state index is 0.281. The van der Waals surface area contributed by atoms with Gasteiger partial charge in [0.05, 0.1) is 0 Å². The summed E-state index contributed by atoms with van der Waals surface area (Å²) in [6.45, 7) is 5.42. The summed E-state index contributed by atoms with van der Waals surface area (Å²) < 4.78 is 0. The Morgan fingerprint density at radius 3 is 0.714 bits per heavy atom. The smallest absolute Gasteiger partial charge is 0.300 e. The molecule has 0 saturated heterocycles. The molecule has 0 aromatic heterocycles. The second-order valence-electron chi connectivity index (χ2n) is 5.21. The van der Waals surface area contributed by atoms with Crippen LogP contribution >= 0.6 is 0 Å². The van der Waals surface area contributed by atoms with Crippen LogP contribution in [0, 0.1) is 0 Å². The lowest BCUT2D eigenvalue weighted by Gasteiger charge is -2.24. The van der Waals surface area contributed by atoms with E-state index in [1.54, 1.807) is 0 Å². The van der Waals surface area contributed by atoms with E-state index in [0.29, 0.717) is 0 Å². The predicted molar refractivity (Wildman–Crippen MR) is 101 cm³/mol. The topological polar surface area (TPSA) is 239 Å². The van der Waals surface area contributed by atoms with Crippen LogP contribution in [0.5, 0.6) is 0 Å². The molecule has 9 N–H and O–H groups in total. The van der Waals surface area contributed by atoms with Crippen LogP contribution in [-0.2, 0) is 24.0 Å². The van der Waals surface area contributed by atoms with E-state index in [9.17, 15) is 0 Å². The van der Waals surface area contributed by atoms with Crippen LogP contribution in [0.2, 0.25) is 0 Å². The van der Waals surface area contributed by atoms with Gasteiger partial charge in [-0.2, -0.15) is 0 Å². The number of carbonyl (C=O) groups is 5. The predicted octanol–water partition coefficient (Wildman–Crippen LogP) is 0.670. The van der Waals surface area contributed by atoms with Gasteiger partial charge in [-0.1, -0.05) is 12.8 Å². The summed E-state index contributed by atoms with van der Waals surface area (Å²) >= 11 is 0. The maximum atomic E-state index is 9.00. The van der Waals surface area contributed by atoms with Crippen LogP contribution in [0.15, 0.2) is 0 Å². The average molecular weight is 414 g/mol. The lowest BCUT2D eigenvalue weighted by Crippen LogP contribution is -2.43.